The van der Waals surface area contributed by atoms with Gasteiger partial charge in [-0.05, 0) is 18.6 Å². The summed E-state index contributed by atoms with van der Waals surface area (Å²) in [6, 6.07) is 1.56. The summed E-state index contributed by atoms with van der Waals surface area (Å²) in [6.07, 6.45) is 1.44. The molecule has 0 bridgehead atoms. The first kappa shape index (κ1) is 9.80. The molecular weight excluding hydrogens is 192 g/mol. The second kappa shape index (κ2) is 4.09. The zero-order chi connectivity index (χ0) is 9.84. The van der Waals surface area contributed by atoms with Crippen LogP contribution >= 0.6 is 11.6 Å². The van der Waals surface area contributed by atoms with E-state index in [4.69, 9.17) is 11.6 Å². The van der Waals surface area contributed by atoms with Gasteiger partial charge in [-0.3, -0.25) is 9.90 Å². The van der Waals surface area contributed by atoms with E-state index in [0.717, 1.165) is 5.56 Å². The van der Waals surface area contributed by atoms with Gasteiger partial charge in [0.25, 0.3) is 5.88 Å². The number of aryl methyl sites for hydroxylation is 1. The molecule has 69 valence electrons. The maximum absolute atomic E-state index is 11.1. The van der Waals surface area contributed by atoms with Crippen LogP contribution in [0.4, 0.5) is 5.69 Å². The van der Waals surface area contributed by atoms with Gasteiger partial charge < -0.3 is 5.32 Å². The van der Waals surface area contributed by atoms with Gasteiger partial charge in [0.2, 0.25) is 5.91 Å². The summed E-state index contributed by atoms with van der Waals surface area (Å²) in [5, 5.41) is 13.4. The Hall–Kier alpha value is -1.29. The average molecular weight is 200 g/mol. The number of hydrogen-bond acceptors (Lipinski definition) is 2. The van der Waals surface area contributed by atoms with Crippen LogP contribution in [-0.2, 0) is 9.90 Å². The third kappa shape index (κ3) is 2.59. The molecule has 0 atom stereocenters. The number of pyridine rings is 1. The van der Waals surface area contributed by atoms with Crippen molar-refractivity contribution in [2.75, 3.05) is 11.2 Å². The Labute approximate surface area is 80.6 Å². The summed E-state index contributed by atoms with van der Waals surface area (Å²) >= 11 is 5.26. The Bertz CT molecular complexity index is 328. The maximum Gasteiger partial charge on any atom is 0.293 e. The maximum atomic E-state index is 11.1. The molecule has 1 aromatic heterocycles. The molecule has 5 heteroatoms. The van der Waals surface area contributed by atoms with Crippen molar-refractivity contribution in [1.29, 1.82) is 0 Å². The van der Waals surface area contributed by atoms with Crippen molar-refractivity contribution in [2.24, 2.45) is 0 Å². The summed E-state index contributed by atoms with van der Waals surface area (Å²) in [5.41, 5.74) is 0.982. The van der Waals surface area contributed by atoms with Crippen LogP contribution in [0.5, 0.6) is 5.88 Å². The minimum absolute atomic E-state index is 0.172. The van der Waals surface area contributed by atoms with E-state index in [9.17, 15) is 9.90 Å². The number of carbonyl (C=O) groups is 1. The van der Waals surface area contributed by atoms with E-state index in [0.29, 0.717) is 0 Å². The molecule has 1 aromatic rings. The fourth-order valence-corrected chi connectivity index (χ4v) is 0.897. The van der Waals surface area contributed by atoms with Gasteiger partial charge in [-0.15, -0.1) is 11.6 Å². The molecule has 0 saturated carbocycles. The SMILES string of the molecule is Cc1cnc([O])c(NC(=O)CCl)c1. The number of hydrogen-bond donors (Lipinski definition) is 1. The van der Waals surface area contributed by atoms with Crippen LogP contribution in [0.3, 0.4) is 0 Å². The number of aromatic nitrogens is 1. The van der Waals surface area contributed by atoms with Crippen LogP contribution in [0.25, 0.3) is 0 Å². The molecule has 0 spiro atoms. The standard InChI is InChI=1S/C8H8ClN2O2/c1-5-2-6(8(13)10-4-5)11-7(12)3-9/h2,4H,3H2,1H3,(H,11,12). The zero-order valence-electron chi connectivity index (χ0n) is 7.00. The number of carbonyl (C=O) groups excluding carboxylic acids is 1. The summed E-state index contributed by atoms with van der Waals surface area (Å²) in [7, 11) is 0. The number of anilines is 1. The molecule has 13 heavy (non-hydrogen) atoms. The highest BCUT2D eigenvalue weighted by Gasteiger charge is 2.07. The number of alkyl halides is 1. The van der Waals surface area contributed by atoms with Crippen LogP contribution in [-0.4, -0.2) is 16.8 Å². The minimum atomic E-state index is -0.455. The molecule has 0 aromatic carbocycles. The topological polar surface area (TPSA) is 61.9 Å². The first-order valence-electron chi connectivity index (χ1n) is 3.63. The number of amides is 1. The smallest absolute Gasteiger partial charge is 0.293 e. The van der Waals surface area contributed by atoms with E-state index in [1.165, 1.54) is 6.20 Å². The zero-order valence-corrected chi connectivity index (χ0v) is 7.76. The van der Waals surface area contributed by atoms with Gasteiger partial charge in [0.15, 0.2) is 0 Å². The number of nitrogens with one attached hydrogen (secondary N) is 1. The van der Waals surface area contributed by atoms with Crippen molar-refractivity contribution in [1.82, 2.24) is 4.98 Å². The Morgan fingerprint density at radius 2 is 2.38 bits per heavy atom. The normalized spacial score (nSPS) is 9.69. The minimum Gasteiger partial charge on any atom is -0.320 e. The number of nitrogens with zero attached hydrogens (tertiary/aromatic N) is 1. The Morgan fingerprint density at radius 1 is 1.69 bits per heavy atom. The average Bonchev–Trinajstić information content (AvgIpc) is 2.11. The van der Waals surface area contributed by atoms with Crippen LogP contribution in [0, 0.1) is 6.92 Å². The molecule has 0 aliphatic heterocycles. The van der Waals surface area contributed by atoms with Crippen molar-refractivity contribution in [3.63, 3.8) is 0 Å². The molecule has 1 radical (unpaired) electrons. The van der Waals surface area contributed by atoms with Gasteiger partial charge >= 0.3 is 0 Å². The molecule has 4 nitrogen and oxygen atoms in total. The summed E-state index contributed by atoms with van der Waals surface area (Å²) in [5.74, 6) is -1.04. The number of rotatable bonds is 2. The lowest BCUT2D eigenvalue weighted by molar-refractivity contribution is -0.113. The van der Waals surface area contributed by atoms with Crippen LogP contribution < -0.4 is 5.32 Å². The fourth-order valence-electron chi connectivity index (χ4n) is 0.830. The van der Waals surface area contributed by atoms with E-state index >= 15 is 0 Å². The van der Waals surface area contributed by atoms with Crippen molar-refractivity contribution in [2.45, 2.75) is 6.92 Å². The number of halogens is 1. The molecule has 1 amide bonds. The molecule has 1 heterocycles. The third-order valence-electron chi connectivity index (χ3n) is 1.38. The van der Waals surface area contributed by atoms with Gasteiger partial charge in [-0.2, -0.15) is 0 Å². The van der Waals surface area contributed by atoms with Crippen LogP contribution in [0.15, 0.2) is 12.3 Å². The molecule has 1 rings (SSSR count). The predicted octanol–water partition coefficient (Wildman–Crippen LogP) is 1.71. The lowest BCUT2D eigenvalue weighted by Gasteiger charge is -2.03. The van der Waals surface area contributed by atoms with E-state index in [1.807, 2.05) is 0 Å². The second-order valence-electron chi connectivity index (χ2n) is 2.55. The quantitative estimate of drug-likeness (QED) is 0.737. The molecule has 0 fully saturated rings. The molecule has 0 aliphatic carbocycles. The summed E-state index contributed by atoms with van der Waals surface area (Å²) in [4.78, 5) is 14.4. The van der Waals surface area contributed by atoms with E-state index < -0.39 is 11.8 Å². The van der Waals surface area contributed by atoms with E-state index in [-0.39, 0.29) is 11.6 Å². The van der Waals surface area contributed by atoms with Crippen molar-refractivity contribution >= 4 is 23.2 Å². The first-order chi connectivity index (χ1) is 6.13. The Morgan fingerprint density at radius 3 is 3.00 bits per heavy atom. The highest BCUT2D eigenvalue weighted by molar-refractivity contribution is 6.29. The van der Waals surface area contributed by atoms with Crippen molar-refractivity contribution in [3.05, 3.63) is 17.8 Å². The predicted molar refractivity (Wildman–Crippen MR) is 48.5 cm³/mol. The van der Waals surface area contributed by atoms with Gasteiger partial charge in [-0.25, -0.2) is 4.98 Å². The molecule has 0 saturated heterocycles. The van der Waals surface area contributed by atoms with Gasteiger partial charge in [0, 0.05) is 6.20 Å². The highest BCUT2D eigenvalue weighted by atomic mass is 35.5. The van der Waals surface area contributed by atoms with Gasteiger partial charge in [-0.1, -0.05) is 0 Å². The Kier molecular flexibility index (Phi) is 3.08. The lowest BCUT2D eigenvalue weighted by atomic mass is 10.3. The highest BCUT2D eigenvalue weighted by Crippen LogP contribution is 2.21. The molecule has 1 N–H and O–H groups in total. The third-order valence-corrected chi connectivity index (χ3v) is 1.63. The largest absolute Gasteiger partial charge is 0.320 e. The van der Waals surface area contributed by atoms with Crippen LogP contribution in [0.1, 0.15) is 5.56 Å². The molecule has 0 unspecified atom stereocenters. The second-order valence-corrected chi connectivity index (χ2v) is 2.81. The summed E-state index contributed by atoms with van der Waals surface area (Å²) < 4.78 is 0. The van der Waals surface area contributed by atoms with Crippen LogP contribution in [0.2, 0.25) is 0 Å². The van der Waals surface area contributed by atoms with E-state index in [1.54, 1.807) is 13.0 Å². The summed E-state index contributed by atoms with van der Waals surface area (Å²) in [6.45, 7) is 1.78. The van der Waals surface area contributed by atoms with Gasteiger partial charge in [0.05, 0.1) is 0 Å². The van der Waals surface area contributed by atoms with Crippen molar-refractivity contribution < 1.29 is 9.90 Å². The fraction of sp³-hybridized carbons (Fsp3) is 0.250. The first-order valence-corrected chi connectivity index (χ1v) is 4.16. The molecular formula is C8H8ClN2O2. The monoisotopic (exact) mass is 199 g/mol. The Balaban J connectivity index is 2.87. The van der Waals surface area contributed by atoms with Crippen molar-refractivity contribution in [3.8, 4) is 5.88 Å². The van der Waals surface area contributed by atoms with E-state index in [2.05, 4.69) is 10.3 Å². The lowest BCUT2D eigenvalue weighted by Crippen LogP contribution is -2.12. The van der Waals surface area contributed by atoms with Gasteiger partial charge in [0.1, 0.15) is 11.6 Å². The molecule has 0 aliphatic rings.